The Balaban J connectivity index is 0.000000194. The number of rotatable bonds is 6. The monoisotopic (exact) mass is 514 g/mol. The molecule has 0 aliphatic heterocycles. The van der Waals surface area contributed by atoms with Crippen molar-refractivity contribution in [1.82, 2.24) is 0 Å². The first-order valence-electron chi connectivity index (χ1n) is 13.4. The summed E-state index contributed by atoms with van der Waals surface area (Å²) in [6.07, 6.45) is 0. The SMILES string of the molecule is O=C(c1ccccc1)c1ccccc1.c1ccc(C(=C(c2ccccc2)c2ccccc2)c2ccccc2)cc1. The fraction of sp³-hybridized carbons (Fsp3) is 0. The van der Waals surface area contributed by atoms with Crippen molar-refractivity contribution in [2.45, 2.75) is 0 Å². The van der Waals surface area contributed by atoms with Crippen molar-refractivity contribution in [1.29, 1.82) is 0 Å². The molecule has 0 spiro atoms. The third-order valence-corrected chi connectivity index (χ3v) is 6.57. The van der Waals surface area contributed by atoms with Crippen LogP contribution in [0.1, 0.15) is 38.2 Å². The van der Waals surface area contributed by atoms with Crippen LogP contribution in [0.3, 0.4) is 0 Å². The second kappa shape index (κ2) is 13.5. The molecule has 0 radical (unpaired) electrons. The van der Waals surface area contributed by atoms with E-state index in [1.807, 2.05) is 60.7 Å². The van der Waals surface area contributed by atoms with E-state index in [1.165, 1.54) is 33.4 Å². The van der Waals surface area contributed by atoms with Crippen molar-refractivity contribution in [3.05, 3.63) is 215 Å². The summed E-state index contributed by atoms with van der Waals surface area (Å²) < 4.78 is 0. The minimum Gasteiger partial charge on any atom is -0.289 e. The molecule has 1 heteroatoms. The molecule has 40 heavy (non-hydrogen) atoms. The number of ketones is 1. The Kier molecular flexibility index (Phi) is 8.89. The normalized spacial score (nSPS) is 10.1. The van der Waals surface area contributed by atoms with E-state index in [-0.39, 0.29) is 5.78 Å². The van der Waals surface area contributed by atoms with Gasteiger partial charge in [-0.25, -0.2) is 0 Å². The van der Waals surface area contributed by atoms with E-state index in [9.17, 15) is 4.79 Å². The molecule has 192 valence electrons. The lowest BCUT2D eigenvalue weighted by atomic mass is 9.86. The van der Waals surface area contributed by atoms with Gasteiger partial charge in [-0.15, -0.1) is 0 Å². The van der Waals surface area contributed by atoms with Gasteiger partial charge in [0.2, 0.25) is 0 Å². The molecule has 0 atom stereocenters. The van der Waals surface area contributed by atoms with E-state index in [2.05, 4.69) is 121 Å². The largest absolute Gasteiger partial charge is 0.289 e. The first kappa shape index (κ1) is 26.3. The predicted octanol–water partition coefficient (Wildman–Crippen LogP) is 9.61. The van der Waals surface area contributed by atoms with Gasteiger partial charge in [0, 0.05) is 11.1 Å². The van der Waals surface area contributed by atoms with Crippen LogP contribution >= 0.6 is 0 Å². The predicted molar refractivity (Wildman–Crippen MR) is 167 cm³/mol. The van der Waals surface area contributed by atoms with Crippen LogP contribution in [-0.2, 0) is 0 Å². The summed E-state index contributed by atoms with van der Waals surface area (Å²) in [6.45, 7) is 0. The zero-order chi connectivity index (χ0) is 27.4. The van der Waals surface area contributed by atoms with E-state index < -0.39 is 0 Å². The first-order chi connectivity index (χ1) is 19.8. The lowest BCUT2D eigenvalue weighted by Crippen LogP contribution is -1.99. The van der Waals surface area contributed by atoms with Gasteiger partial charge in [-0.2, -0.15) is 0 Å². The van der Waals surface area contributed by atoms with Crippen LogP contribution in [0.5, 0.6) is 0 Å². The summed E-state index contributed by atoms with van der Waals surface area (Å²) >= 11 is 0. The van der Waals surface area contributed by atoms with E-state index in [4.69, 9.17) is 0 Å². The van der Waals surface area contributed by atoms with E-state index in [0.29, 0.717) is 0 Å². The van der Waals surface area contributed by atoms with Crippen LogP contribution in [0, 0.1) is 0 Å². The third kappa shape index (κ3) is 6.59. The van der Waals surface area contributed by atoms with Crippen LogP contribution in [-0.4, -0.2) is 5.78 Å². The molecule has 0 unspecified atom stereocenters. The lowest BCUT2D eigenvalue weighted by Gasteiger charge is -2.18. The topological polar surface area (TPSA) is 17.1 Å². The maximum atomic E-state index is 11.8. The van der Waals surface area contributed by atoms with E-state index in [1.54, 1.807) is 0 Å². The van der Waals surface area contributed by atoms with Crippen LogP contribution in [0.2, 0.25) is 0 Å². The van der Waals surface area contributed by atoms with Crippen molar-refractivity contribution in [3.63, 3.8) is 0 Å². The molecule has 1 nitrogen and oxygen atoms in total. The first-order valence-corrected chi connectivity index (χ1v) is 13.4. The molecular weight excluding hydrogens is 484 g/mol. The van der Waals surface area contributed by atoms with Gasteiger partial charge in [0.15, 0.2) is 5.78 Å². The van der Waals surface area contributed by atoms with Crippen molar-refractivity contribution in [2.75, 3.05) is 0 Å². The van der Waals surface area contributed by atoms with Gasteiger partial charge in [0.25, 0.3) is 0 Å². The second-order valence-electron chi connectivity index (χ2n) is 9.28. The molecule has 6 rings (SSSR count). The highest BCUT2D eigenvalue weighted by atomic mass is 16.1. The fourth-order valence-corrected chi connectivity index (χ4v) is 4.68. The summed E-state index contributed by atoms with van der Waals surface area (Å²) in [4.78, 5) is 11.8. The smallest absolute Gasteiger partial charge is 0.193 e. The van der Waals surface area contributed by atoms with Crippen LogP contribution < -0.4 is 0 Å². The lowest BCUT2D eigenvalue weighted by molar-refractivity contribution is 0.103. The van der Waals surface area contributed by atoms with Gasteiger partial charge in [-0.1, -0.05) is 182 Å². The standard InChI is InChI=1S/C26H20.C13H10O/c1-5-13-21(14-6-1)25(22-15-7-2-8-16-22)26(23-17-9-3-10-18-23)24-19-11-4-12-20-24;14-13(11-7-3-1-4-8-11)12-9-5-2-6-10-12/h1-20H;1-10H. The molecule has 0 amide bonds. The van der Waals surface area contributed by atoms with Gasteiger partial charge in [0.1, 0.15) is 0 Å². The molecule has 6 aromatic rings. The third-order valence-electron chi connectivity index (χ3n) is 6.57. The maximum absolute atomic E-state index is 11.8. The zero-order valence-electron chi connectivity index (χ0n) is 22.2. The molecule has 0 N–H and O–H groups in total. The molecule has 6 aromatic carbocycles. The molecule has 0 aliphatic rings. The second-order valence-corrected chi connectivity index (χ2v) is 9.28. The number of carbonyl (C=O) groups is 1. The van der Waals surface area contributed by atoms with E-state index in [0.717, 1.165) is 11.1 Å². The Morgan fingerprint density at radius 1 is 0.250 bits per heavy atom. The van der Waals surface area contributed by atoms with Gasteiger partial charge < -0.3 is 0 Å². The Hall–Kier alpha value is -5.27. The van der Waals surface area contributed by atoms with E-state index >= 15 is 0 Å². The van der Waals surface area contributed by atoms with Crippen LogP contribution in [0.25, 0.3) is 11.1 Å². The number of hydrogen-bond donors (Lipinski definition) is 0. The summed E-state index contributed by atoms with van der Waals surface area (Å²) in [5.74, 6) is 0.0752. The Labute approximate surface area is 236 Å². The number of carbonyl (C=O) groups excluding carboxylic acids is 1. The highest BCUT2D eigenvalue weighted by Crippen LogP contribution is 2.36. The molecule has 0 saturated carbocycles. The molecule has 0 saturated heterocycles. The molecule has 0 aromatic heterocycles. The minimum atomic E-state index is 0.0752. The van der Waals surface area contributed by atoms with Crippen LogP contribution in [0.4, 0.5) is 0 Å². The quantitative estimate of drug-likeness (QED) is 0.160. The molecule has 0 aliphatic carbocycles. The van der Waals surface area contributed by atoms with Gasteiger partial charge in [0.05, 0.1) is 0 Å². The molecule has 0 heterocycles. The number of benzene rings is 6. The summed E-state index contributed by atoms with van der Waals surface area (Å²) in [7, 11) is 0. The molecular formula is C39H30O. The summed E-state index contributed by atoms with van der Waals surface area (Å²) in [6, 6.07) is 61.2. The van der Waals surface area contributed by atoms with Crippen molar-refractivity contribution < 1.29 is 4.79 Å². The average Bonchev–Trinajstić information content (AvgIpc) is 3.06. The average molecular weight is 515 g/mol. The Morgan fingerprint density at radius 2 is 0.425 bits per heavy atom. The van der Waals surface area contributed by atoms with Gasteiger partial charge in [-0.3, -0.25) is 4.79 Å². The van der Waals surface area contributed by atoms with Gasteiger partial charge >= 0.3 is 0 Å². The summed E-state index contributed by atoms with van der Waals surface area (Å²) in [5, 5.41) is 0. The Morgan fingerprint density at radius 3 is 0.625 bits per heavy atom. The van der Waals surface area contributed by atoms with Gasteiger partial charge in [-0.05, 0) is 33.4 Å². The molecule has 0 bridgehead atoms. The summed E-state index contributed by atoms with van der Waals surface area (Å²) in [5.41, 5.74) is 8.87. The minimum absolute atomic E-state index is 0.0752. The molecule has 0 fully saturated rings. The maximum Gasteiger partial charge on any atom is 0.193 e. The highest BCUT2D eigenvalue weighted by Gasteiger charge is 2.15. The zero-order valence-corrected chi connectivity index (χ0v) is 22.2. The Bertz CT molecular complexity index is 1430. The highest BCUT2D eigenvalue weighted by molar-refractivity contribution is 6.09. The van der Waals surface area contributed by atoms with Crippen molar-refractivity contribution >= 4 is 16.9 Å². The fourth-order valence-electron chi connectivity index (χ4n) is 4.68. The number of hydrogen-bond acceptors (Lipinski definition) is 1. The van der Waals surface area contributed by atoms with Crippen molar-refractivity contribution in [2.24, 2.45) is 0 Å². The van der Waals surface area contributed by atoms with Crippen molar-refractivity contribution in [3.8, 4) is 0 Å². The van der Waals surface area contributed by atoms with Crippen LogP contribution in [0.15, 0.2) is 182 Å².